The minimum absolute atomic E-state index is 0. The van der Waals surface area contributed by atoms with Gasteiger partial charge in [-0.15, -0.1) is 23.7 Å². The lowest BCUT2D eigenvalue weighted by atomic mass is 9.95. The van der Waals surface area contributed by atoms with Gasteiger partial charge >= 0.3 is 0 Å². The van der Waals surface area contributed by atoms with Crippen molar-refractivity contribution in [1.82, 2.24) is 15.1 Å². The number of halogens is 1. The highest BCUT2D eigenvalue weighted by molar-refractivity contribution is 7.12. The van der Waals surface area contributed by atoms with Gasteiger partial charge in [0.05, 0.1) is 0 Å². The molecular weight excluding hydrogens is 314 g/mol. The van der Waals surface area contributed by atoms with Crippen LogP contribution in [0.25, 0.3) is 0 Å². The quantitative estimate of drug-likeness (QED) is 0.910. The standard InChI is InChI=1S/C17H29N3S.ClH/c1-17(2,3)16-5-4-15(21-16)13-19-8-10-20(11-9-19)14-6-7-18-12-14;/h4-5,14,18H,6-13H2,1-3H3;1H. The van der Waals surface area contributed by atoms with Crippen LogP contribution in [-0.2, 0) is 12.0 Å². The third-order valence-corrected chi connectivity index (χ3v) is 6.23. The molecule has 5 heteroatoms. The molecule has 2 aliphatic heterocycles. The first-order valence-corrected chi connectivity index (χ1v) is 9.10. The Morgan fingerprint density at radius 2 is 1.91 bits per heavy atom. The third kappa shape index (κ3) is 4.45. The molecule has 2 aliphatic rings. The van der Waals surface area contributed by atoms with Crippen LogP contribution in [0.5, 0.6) is 0 Å². The van der Waals surface area contributed by atoms with Gasteiger partial charge in [-0.3, -0.25) is 9.80 Å². The predicted octanol–water partition coefficient (Wildman–Crippen LogP) is 2.95. The zero-order valence-corrected chi connectivity index (χ0v) is 15.7. The van der Waals surface area contributed by atoms with E-state index >= 15 is 0 Å². The number of rotatable bonds is 3. The van der Waals surface area contributed by atoms with E-state index in [0.717, 1.165) is 12.6 Å². The van der Waals surface area contributed by atoms with Gasteiger partial charge in [-0.2, -0.15) is 0 Å². The molecule has 0 aromatic carbocycles. The normalized spacial score (nSPS) is 24.4. The zero-order chi connectivity index (χ0) is 14.9. The van der Waals surface area contributed by atoms with E-state index in [0.29, 0.717) is 0 Å². The van der Waals surface area contributed by atoms with Crippen LogP contribution in [0.3, 0.4) is 0 Å². The van der Waals surface area contributed by atoms with Gasteiger partial charge in [0.25, 0.3) is 0 Å². The molecule has 2 saturated heterocycles. The van der Waals surface area contributed by atoms with Gasteiger partial charge in [0, 0.05) is 55.1 Å². The summed E-state index contributed by atoms with van der Waals surface area (Å²) in [6.45, 7) is 15.4. The Morgan fingerprint density at radius 3 is 2.45 bits per heavy atom. The van der Waals surface area contributed by atoms with E-state index in [1.807, 2.05) is 11.3 Å². The van der Waals surface area contributed by atoms with E-state index in [1.54, 1.807) is 0 Å². The first kappa shape index (κ1) is 18.2. The molecule has 1 unspecified atom stereocenters. The summed E-state index contributed by atoms with van der Waals surface area (Å²) in [7, 11) is 0. The Bertz CT molecular complexity index is 455. The van der Waals surface area contributed by atoms with E-state index in [-0.39, 0.29) is 17.8 Å². The summed E-state index contributed by atoms with van der Waals surface area (Å²) in [5.41, 5.74) is 0.289. The molecule has 0 spiro atoms. The molecule has 3 rings (SSSR count). The molecule has 3 nitrogen and oxygen atoms in total. The average molecular weight is 344 g/mol. The van der Waals surface area contributed by atoms with Crippen LogP contribution >= 0.6 is 23.7 Å². The van der Waals surface area contributed by atoms with Crippen LogP contribution in [0.4, 0.5) is 0 Å². The first-order valence-electron chi connectivity index (χ1n) is 8.29. The Balaban J connectivity index is 0.00000176. The van der Waals surface area contributed by atoms with Gasteiger partial charge in [0.2, 0.25) is 0 Å². The second-order valence-electron chi connectivity index (χ2n) is 7.47. The fourth-order valence-corrected chi connectivity index (χ4v) is 4.43. The topological polar surface area (TPSA) is 18.5 Å². The summed E-state index contributed by atoms with van der Waals surface area (Å²) >= 11 is 1.99. The Kier molecular flexibility index (Phi) is 6.31. The molecule has 126 valence electrons. The largest absolute Gasteiger partial charge is 0.315 e. The Labute approximate surface area is 145 Å². The van der Waals surface area contributed by atoms with E-state index in [9.17, 15) is 0 Å². The van der Waals surface area contributed by atoms with E-state index in [1.165, 1.54) is 55.4 Å². The Hall–Kier alpha value is -0.130. The molecule has 1 aromatic heterocycles. The van der Waals surface area contributed by atoms with E-state index < -0.39 is 0 Å². The summed E-state index contributed by atoms with van der Waals surface area (Å²) in [5.74, 6) is 0. The molecule has 0 saturated carbocycles. The third-order valence-electron chi connectivity index (χ3n) is 4.74. The van der Waals surface area contributed by atoms with E-state index in [4.69, 9.17) is 0 Å². The van der Waals surface area contributed by atoms with Crippen LogP contribution in [-0.4, -0.2) is 55.1 Å². The number of hydrogen-bond donors (Lipinski definition) is 1. The van der Waals surface area contributed by atoms with Crippen molar-refractivity contribution >= 4 is 23.7 Å². The lowest BCUT2D eigenvalue weighted by Crippen LogP contribution is -2.50. The summed E-state index contributed by atoms with van der Waals surface area (Å²) < 4.78 is 0. The maximum Gasteiger partial charge on any atom is 0.0329 e. The van der Waals surface area contributed by atoms with Crippen LogP contribution in [0.2, 0.25) is 0 Å². The monoisotopic (exact) mass is 343 g/mol. The van der Waals surface area contributed by atoms with Crippen LogP contribution in [0.1, 0.15) is 36.9 Å². The van der Waals surface area contributed by atoms with Gasteiger partial charge in [-0.05, 0) is 30.5 Å². The lowest BCUT2D eigenvalue weighted by molar-refractivity contribution is 0.0988. The molecule has 3 heterocycles. The van der Waals surface area contributed by atoms with Gasteiger partial charge in [-0.25, -0.2) is 0 Å². The smallest absolute Gasteiger partial charge is 0.0329 e. The molecule has 22 heavy (non-hydrogen) atoms. The van der Waals surface area contributed by atoms with Crippen LogP contribution < -0.4 is 5.32 Å². The molecule has 2 fully saturated rings. The van der Waals surface area contributed by atoms with Crippen molar-refractivity contribution in [2.75, 3.05) is 39.3 Å². The first-order chi connectivity index (χ1) is 10.0. The minimum Gasteiger partial charge on any atom is -0.315 e. The van der Waals surface area contributed by atoms with Crippen molar-refractivity contribution in [2.24, 2.45) is 0 Å². The predicted molar refractivity (Wildman–Crippen MR) is 98.4 cm³/mol. The van der Waals surface area contributed by atoms with Gasteiger partial charge in [0.15, 0.2) is 0 Å². The summed E-state index contributed by atoms with van der Waals surface area (Å²) in [6, 6.07) is 5.44. The summed E-state index contributed by atoms with van der Waals surface area (Å²) in [6.07, 6.45) is 1.33. The minimum atomic E-state index is 0. The molecule has 1 N–H and O–H groups in total. The highest BCUT2D eigenvalue weighted by atomic mass is 35.5. The SMILES string of the molecule is CC(C)(C)c1ccc(CN2CCN(C3CCNC3)CC2)s1.Cl. The summed E-state index contributed by atoms with van der Waals surface area (Å²) in [5, 5.41) is 3.48. The molecule has 0 aliphatic carbocycles. The number of hydrogen-bond acceptors (Lipinski definition) is 4. The molecule has 1 aromatic rings. The van der Waals surface area contributed by atoms with Crippen LogP contribution in [0.15, 0.2) is 12.1 Å². The maximum atomic E-state index is 3.48. The fraction of sp³-hybridized carbons (Fsp3) is 0.765. The second-order valence-corrected chi connectivity index (χ2v) is 8.64. The van der Waals surface area contributed by atoms with Crippen molar-refractivity contribution in [3.8, 4) is 0 Å². The van der Waals surface area contributed by atoms with Crippen molar-refractivity contribution < 1.29 is 0 Å². The second kappa shape index (κ2) is 7.63. The van der Waals surface area contributed by atoms with E-state index in [2.05, 4.69) is 48.0 Å². The average Bonchev–Trinajstić information content (AvgIpc) is 3.09. The van der Waals surface area contributed by atoms with Crippen molar-refractivity contribution in [3.63, 3.8) is 0 Å². The van der Waals surface area contributed by atoms with Crippen LogP contribution in [0, 0.1) is 0 Å². The molecular formula is C17H30ClN3S. The number of nitrogens with one attached hydrogen (secondary N) is 1. The maximum absolute atomic E-state index is 3.48. The summed E-state index contributed by atoms with van der Waals surface area (Å²) in [4.78, 5) is 8.34. The number of nitrogens with zero attached hydrogens (tertiary/aromatic N) is 2. The molecule has 0 radical (unpaired) electrons. The molecule has 0 amide bonds. The highest BCUT2D eigenvalue weighted by Crippen LogP contribution is 2.30. The van der Waals surface area contributed by atoms with Gasteiger partial charge in [-0.1, -0.05) is 20.8 Å². The zero-order valence-electron chi connectivity index (χ0n) is 14.1. The molecule has 0 bridgehead atoms. The van der Waals surface area contributed by atoms with Crippen molar-refractivity contribution in [2.45, 2.75) is 45.2 Å². The fourth-order valence-electron chi connectivity index (χ4n) is 3.32. The Morgan fingerprint density at radius 1 is 1.18 bits per heavy atom. The van der Waals surface area contributed by atoms with Gasteiger partial charge < -0.3 is 5.32 Å². The van der Waals surface area contributed by atoms with Crippen molar-refractivity contribution in [1.29, 1.82) is 0 Å². The van der Waals surface area contributed by atoms with Gasteiger partial charge in [0.1, 0.15) is 0 Å². The van der Waals surface area contributed by atoms with Crippen molar-refractivity contribution in [3.05, 3.63) is 21.9 Å². The number of piperazine rings is 1. The lowest BCUT2D eigenvalue weighted by Gasteiger charge is -2.37. The molecule has 1 atom stereocenters. The highest BCUT2D eigenvalue weighted by Gasteiger charge is 2.26. The number of thiophene rings is 1.